The molecular formula is C14H19NO2. The van der Waals surface area contributed by atoms with Gasteiger partial charge in [0.15, 0.2) is 5.78 Å². The third-order valence-electron chi connectivity index (χ3n) is 3.41. The highest BCUT2D eigenvalue weighted by Crippen LogP contribution is 2.21. The molecule has 0 N–H and O–H groups in total. The monoisotopic (exact) mass is 233 g/mol. The molecule has 1 fully saturated rings. The minimum atomic E-state index is 0.120. The van der Waals surface area contributed by atoms with Crippen LogP contribution in [-0.4, -0.2) is 32.1 Å². The molecule has 0 aliphatic carbocycles. The second-order valence-corrected chi connectivity index (χ2v) is 4.53. The molecular weight excluding hydrogens is 214 g/mol. The molecule has 3 nitrogen and oxygen atoms in total. The maximum Gasteiger partial charge on any atom is 0.159 e. The molecule has 2 rings (SSSR count). The summed E-state index contributed by atoms with van der Waals surface area (Å²) >= 11 is 0. The second kappa shape index (κ2) is 5.32. The highest BCUT2D eigenvalue weighted by Gasteiger charge is 2.18. The van der Waals surface area contributed by atoms with Crippen molar-refractivity contribution < 1.29 is 9.53 Å². The minimum absolute atomic E-state index is 0.120. The van der Waals surface area contributed by atoms with E-state index in [9.17, 15) is 4.79 Å². The van der Waals surface area contributed by atoms with Crippen molar-refractivity contribution in [1.82, 2.24) is 0 Å². The number of anilines is 1. The van der Waals surface area contributed by atoms with Gasteiger partial charge in [-0.2, -0.15) is 0 Å². The predicted molar refractivity (Wildman–Crippen MR) is 68.7 cm³/mol. The third kappa shape index (κ3) is 2.86. The number of benzene rings is 1. The lowest BCUT2D eigenvalue weighted by atomic mass is 10.1. The Morgan fingerprint density at radius 1 is 1.24 bits per heavy atom. The molecule has 17 heavy (non-hydrogen) atoms. The molecule has 0 atom stereocenters. The van der Waals surface area contributed by atoms with Gasteiger partial charge in [-0.3, -0.25) is 4.79 Å². The number of carbonyl (C=O) groups is 1. The third-order valence-corrected chi connectivity index (χ3v) is 3.41. The summed E-state index contributed by atoms with van der Waals surface area (Å²) in [6.45, 7) is 3.65. The highest BCUT2D eigenvalue weighted by molar-refractivity contribution is 5.94. The zero-order valence-electron chi connectivity index (χ0n) is 10.5. The Hall–Kier alpha value is -1.35. The van der Waals surface area contributed by atoms with Crippen molar-refractivity contribution in [2.75, 3.05) is 25.1 Å². The Bertz CT molecular complexity index is 378. The molecule has 0 bridgehead atoms. The SMILES string of the molecule is COC1CCN(c2ccc(C(C)=O)cc2)CC1. The fourth-order valence-corrected chi connectivity index (χ4v) is 2.26. The van der Waals surface area contributed by atoms with Gasteiger partial charge in [-0.1, -0.05) is 0 Å². The Morgan fingerprint density at radius 3 is 2.29 bits per heavy atom. The van der Waals surface area contributed by atoms with Gasteiger partial charge in [0, 0.05) is 31.5 Å². The van der Waals surface area contributed by atoms with E-state index >= 15 is 0 Å². The van der Waals surface area contributed by atoms with Crippen LogP contribution in [-0.2, 0) is 4.74 Å². The Morgan fingerprint density at radius 2 is 1.82 bits per heavy atom. The van der Waals surface area contributed by atoms with Crippen LogP contribution < -0.4 is 4.90 Å². The van der Waals surface area contributed by atoms with Crippen molar-refractivity contribution in [2.24, 2.45) is 0 Å². The molecule has 1 aliphatic rings. The lowest BCUT2D eigenvalue weighted by Crippen LogP contribution is -2.36. The summed E-state index contributed by atoms with van der Waals surface area (Å²) in [5, 5.41) is 0. The standard InChI is InChI=1S/C14H19NO2/c1-11(16)12-3-5-13(6-4-12)15-9-7-14(17-2)8-10-15/h3-6,14H,7-10H2,1-2H3. The molecule has 0 spiro atoms. The molecule has 92 valence electrons. The van der Waals surface area contributed by atoms with Gasteiger partial charge in [-0.05, 0) is 44.0 Å². The molecule has 1 aromatic carbocycles. The number of rotatable bonds is 3. The number of Topliss-reactive ketones (excluding diaryl/α,β-unsaturated/α-hetero) is 1. The number of hydrogen-bond acceptors (Lipinski definition) is 3. The van der Waals surface area contributed by atoms with Gasteiger partial charge in [-0.25, -0.2) is 0 Å². The van der Waals surface area contributed by atoms with Gasteiger partial charge in [-0.15, -0.1) is 0 Å². The van der Waals surface area contributed by atoms with Crippen LogP contribution >= 0.6 is 0 Å². The summed E-state index contributed by atoms with van der Waals surface area (Å²) in [4.78, 5) is 13.5. The number of hydrogen-bond donors (Lipinski definition) is 0. The van der Waals surface area contributed by atoms with E-state index in [2.05, 4.69) is 4.90 Å². The van der Waals surface area contributed by atoms with Crippen LogP contribution in [0, 0.1) is 0 Å². The Labute approximate surface area is 102 Å². The summed E-state index contributed by atoms with van der Waals surface area (Å²) in [5.74, 6) is 0.120. The summed E-state index contributed by atoms with van der Waals surface area (Å²) in [7, 11) is 1.78. The minimum Gasteiger partial charge on any atom is -0.381 e. The molecule has 1 heterocycles. The van der Waals surface area contributed by atoms with Crippen molar-refractivity contribution in [1.29, 1.82) is 0 Å². The van der Waals surface area contributed by atoms with Crippen LogP contribution in [0.5, 0.6) is 0 Å². The molecule has 0 unspecified atom stereocenters. The van der Waals surface area contributed by atoms with Gasteiger partial charge >= 0.3 is 0 Å². The first-order valence-electron chi connectivity index (χ1n) is 6.09. The first kappa shape index (κ1) is 12.1. The van der Waals surface area contributed by atoms with E-state index in [-0.39, 0.29) is 5.78 Å². The normalized spacial score (nSPS) is 17.2. The zero-order chi connectivity index (χ0) is 12.3. The maximum absolute atomic E-state index is 11.2. The van der Waals surface area contributed by atoms with Crippen LogP contribution in [0.3, 0.4) is 0 Å². The van der Waals surface area contributed by atoms with Gasteiger partial charge in [0.1, 0.15) is 0 Å². The van der Waals surface area contributed by atoms with E-state index in [0.29, 0.717) is 6.10 Å². The number of carbonyl (C=O) groups excluding carboxylic acids is 1. The molecule has 0 amide bonds. The number of nitrogens with zero attached hydrogens (tertiary/aromatic N) is 1. The van der Waals surface area contributed by atoms with Crippen LogP contribution in [0.1, 0.15) is 30.1 Å². The highest BCUT2D eigenvalue weighted by atomic mass is 16.5. The van der Waals surface area contributed by atoms with Crippen molar-refractivity contribution >= 4 is 11.5 Å². The molecule has 1 aliphatic heterocycles. The fraction of sp³-hybridized carbons (Fsp3) is 0.500. The van der Waals surface area contributed by atoms with Crippen LogP contribution in [0.25, 0.3) is 0 Å². The number of piperidine rings is 1. The molecule has 0 saturated carbocycles. The first-order valence-corrected chi connectivity index (χ1v) is 6.09. The van der Waals surface area contributed by atoms with Crippen molar-refractivity contribution in [3.05, 3.63) is 29.8 Å². The van der Waals surface area contributed by atoms with E-state index in [1.54, 1.807) is 14.0 Å². The molecule has 0 radical (unpaired) electrons. The smallest absolute Gasteiger partial charge is 0.159 e. The van der Waals surface area contributed by atoms with E-state index in [1.807, 2.05) is 24.3 Å². The zero-order valence-corrected chi connectivity index (χ0v) is 10.5. The largest absolute Gasteiger partial charge is 0.381 e. The predicted octanol–water partition coefficient (Wildman–Crippen LogP) is 2.50. The molecule has 3 heteroatoms. The van der Waals surface area contributed by atoms with Crippen molar-refractivity contribution in [2.45, 2.75) is 25.9 Å². The fourth-order valence-electron chi connectivity index (χ4n) is 2.26. The molecule has 1 saturated heterocycles. The summed E-state index contributed by atoms with van der Waals surface area (Å²) in [5.41, 5.74) is 1.98. The first-order chi connectivity index (χ1) is 8.20. The molecule has 1 aromatic rings. The maximum atomic E-state index is 11.2. The lowest BCUT2D eigenvalue weighted by molar-refractivity contribution is 0.0819. The van der Waals surface area contributed by atoms with Crippen molar-refractivity contribution in [3.8, 4) is 0 Å². The summed E-state index contributed by atoms with van der Waals surface area (Å²) in [6, 6.07) is 7.87. The number of ketones is 1. The van der Waals surface area contributed by atoms with Crippen LogP contribution in [0.2, 0.25) is 0 Å². The number of methoxy groups -OCH3 is 1. The van der Waals surface area contributed by atoms with E-state index < -0.39 is 0 Å². The van der Waals surface area contributed by atoms with E-state index in [0.717, 1.165) is 31.5 Å². The van der Waals surface area contributed by atoms with Gasteiger partial charge in [0.05, 0.1) is 6.10 Å². The quantitative estimate of drug-likeness (QED) is 0.751. The number of ether oxygens (including phenoxy) is 1. The Kier molecular flexibility index (Phi) is 3.79. The average Bonchev–Trinajstić information content (AvgIpc) is 2.39. The van der Waals surface area contributed by atoms with E-state index in [4.69, 9.17) is 4.74 Å². The topological polar surface area (TPSA) is 29.5 Å². The van der Waals surface area contributed by atoms with Crippen LogP contribution in [0.4, 0.5) is 5.69 Å². The summed E-state index contributed by atoms with van der Waals surface area (Å²) < 4.78 is 5.35. The lowest BCUT2D eigenvalue weighted by Gasteiger charge is -2.33. The van der Waals surface area contributed by atoms with Gasteiger partial charge in [0.25, 0.3) is 0 Å². The average molecular weight is 233 g/mol. The summed E-state index contributed by atoms with van der Waals surface area (Å²) in [6.07, 6.45) is 2.55. The van der Waals surface area contributed by atoms with Gasteiger partial charge in [0.2, 0.25) is 0 Å². The second-order valence-electron chi connectivity index (χ2n) is 4.53. The van der Waals surface area contributed by atoms with E-state index in [1.165, 1.54) is 5.69 Å². The Balaban J connectivity index is 2.01. The van der Waals surface area contributed by atoms with Crippen molar-refractivity contribution in [3.63, 3.8) is 0 Å². The molecule has 0 aromatic heterocycles. The van der Waals surface area contributed by atoms with Gasteiger partial charge < -0.3 is 9.64 Å². The van der Waals surface area contributed by atoms with Crippen LogP contribution in [0.15, 0.2) is 24.3 Å².